The number of Topliss-reactive ketones (excluding diaryl/α,β-unsaturated/α-hetero) is 1. The zero-order chi connectivity index (χ0) is 25.8. The lowest BCUT2D eigenvalue weighted by Crippen LogP contribution is -2.29. The fraction of sp³-hybridized carbons (Fsp3) is 0.241. The zero-order valence-electron chi connectivity index (χ0n) is 20.8. The molecule has 0 aliphatic carbocycles. The lowest BCUT2D eigenvalue weighted by molar-refractivity contribution is -0.132. The van der Waals surface area contributed by atoms with Gasteiger partial charge in [0, 0.05) is 17.3 Å². The van der Waals surface area contributed by atoms with Gasteiger partial charge in [-0.15, -0.1) is 0 Å². The Morgan fingerprint density at radius 2 is 1.64 bits per heavy atom. The van der Waals surface area contributed by atoms with Gasteiger partial charge in [-0.25, -0.2) is 0 Å². The van der Waals surface area contributed by atoms with Crippen molar-refractivity contribution >= 4 is 23.1 Å². The molecule has 1 aliphatic rings. The molecule has 0 spiro atoms. The van der Waals surface area contributed by atoms with Gasteiger partial charge in [-0.2, -0.15) is 0 Å². The summed E-state index contributed by atoms with van der Waals surface area (Å²) in [5.74, 6) is -0.233. The Bertz CT molecular complexity index is 1310. The molecule has 0 aromatic heterocycles. The van der Waals surface area contributed by atoms with Gasteiger partial charge in [0.1, 0.15) is 11.5 Å². The van der Waals surface area contributed by atoms with Gasteiger partial charge in [-0.05, 0) is 48.7 Å². The lowest BCUT2D eigenvalue weighted by atomic mass is 9.94. The van der Waals surface area contributed by atoms with Gasteiger partial charge in [-0.3, -0.25) is 14.5 Å². The molecule has 1 N–H and O–H groups in total. The molecule has 1 heterocycles. The molecule has 3 aromatic rings. The highest BCUT2D eigenvalue weighted by atomic mass is 16.5. The van der Waals surface area contributed by atoms with Gasteiger partial charge in [-0.1, -0.05) is 43.3 Å². The number of aliphatic hydroxyl groups excluding tert-OH is 1. The molecule has 4 rings (SSSR count). The van der Waals surface area contributed by atoms with Gasteiger partial charge in [0.15, 0.2) is 11.5 Å². The average molecular weight is 488 g/mol. The van der Waals surface area contributed by atoms with Crippen LogP contribution < -0.4 is 19.1 Å². The molecule has 0 bridgehead atoms. The molecule has 7 heteroatoms. The number of nitrogens with zero attached hydrogens (tertiary/aromatic N) is 1. The zero-order valence-corrected chi connectivity index (χ0v) is 20.8. The van der Waals surface area contributed by atoms with Gasteiger partial charge in [0.2, 0.25) is 0 Å². The van der Waals surface area contributed by atoms with E-state index in [4.69, 9.17) is 14.2 Å². The SMILES string of the molecule is CCOc1cccc(N2C(=O)C(=O)/C(=C(\O)c3ccc(CC)cc3)C2c2ccc(OC)c(OC)c2)c1. The van der Waals surface area contributed by atoms with E-state index in [9.17, 15) is 14.7 Å². The van der Waals surface area contributed by atoms with E-state index >= 15 is 0 Å². The summed E-state index contributed by atoms with van der Waals surface area (Å²) in [6, 6.07) is 18.5. The molecule has 36 heavy (non-hydrogen) atoms. The number of anilines is 1. The van der Waals surface area contributed by atoms with Crippen molar-refractivity contribution in [3.63, 3.8) is 0 Å². The maximum absolute atomic E-state index is 13.4. The van der Waals surface area contributed by atoms with E-state index in [1.165, 1.54) is 19.1 Å². The highest BCUT2D eigenvalue weighted by Gasteiger charge is 2.47. The molecule has 186 valence electrons. The largest absolute Gasteiger partial charge is 0.507 e. The summed E-state index contributed by atoms with van der Waals surface area (Å²) in [4.78, 5) is 28.2. The number of hydrogen-bond acceptors (Lipinski definition) is 6. The number of amides is 1. The summed E-state index contributed by atoms with van der Waals surface area (Å²) in [6.45, 7) is 4.36. The second kappa shape index (κ2) is 10.6. The van der Waals surface area contributed by atoms with E-state index in [0.717, 1.165) is 12.0 Å². The van der Waals surface area contributed by atoms with Gasteiger partial charge in [0.05, 0.1) is 32.4 Å². The van der Waals surface area contributed by atoms with Crippen LogP contribution in [-0.2, 0) is 16.0 Å². The number of rotatable bonds is 8. The smallest absolute Gasteiger partial charge is 0.300 e. The van der Waals surface area contributed by atoms with Gasteiger partial charge >= 0.3 is 0 Å². The molecule has 1 unspecified atom stereocenters. The topological polar surface area (TPSA) is 85.3 Å². The molecule has 1 atom stereocenters. The molecule has 3 aromatic carbocycles. The van der Waals surface area contributed by atoms with Crippen molar-refractivity contribution in [3.05, 3.63) is 89.0 Å². The molecule has 1 aliphatic heterocycles. The molecule has 0 saturated carbocycles. The number of ether oxygens (including phenoxy) is 3. The monoisotopic (exact) mass is 487 g/mol. The van der Waals surface area contributed by atoms with E-state index in [1.807, 2.05) is 26.0 Å². The van der Waals surface area contributed by atoms with Crippen LogP contribution in [0.25, 0.3) is 5.76 Å². The lowest BCUT2D eigenvalue weighted by Gasteiger charge is -2.26. The first-order valence-corrected chi connectivity index (χ1v) is 11.8. The van der Waals surface area contributed by atoms with Crippen LogP contribution in [0.3, 0.4) is 0 Å². The second-order valence-corrected chi connectivity index (χ2v) is 8.26. The summed E-state index contributed by atoms with van der Waals surface area (Å²) in [5.41, 5.74) is 2.61. The van der Waals surface area contributed by atoms with Crippen LogP contribution in [-0.4, -0.2) is 37.6 Å². The molecule has 1 amide bonds. The van der Waals surface area contributed by atoms with E-state index in [0.29, 0.717) is 40.7 Å². The Hall–Kier alpha value is -4.26. The second-order valence-electron chi connectivity index (χ2n) is 8.26. The summed E-state index contributed by atoms with van der Waals surface area (Å²) >= 11 is 0. The van der Waals surface area contributed by atoms with Crippen LogP contribution in [0.2, 0.25) is 0 Å². The predicted octanol–water partition coefficient (Wildman–Crippen LogP) is 5.29. The highest BCUT2D eigenvalue weighted by molar-refractivity contribution is 6.51. The van der Waals surface area contributed by atoms with Crippen LogP contribution in [0.15, 0.2) is 72.3 Å². The van der Waals surface area contributed by atoms with Crippen molar-refractivity contribution in [1.29, 1.82) is 0 Å². The van der Waals surface area contributed by atoms with Crippen molar-refractivity contribution in [3.8, 4) is 17.2 Å². The number of hydrogen-bond donors (Lipinski definition) is 1. The number of carbonyl (C=O) groups excluding carboxylic acids is 2. The van der Waals surface area contributed by atoms with E-state index in [2.05, 4.69) is 0 Å². The fourth-order valence-corrected chi connectivity index (χ4v) is 4.38. The number of aliphatic hydroxyl groups is 1. The summed E-state index contributed by atoms with van der Waals surface area (Å²) in [7, 11) is 3.04. The van der Waals surface area contributed by atoms with Crippen LogP contribution in [0, 0.1) is 0 Å². The number of aryl methyl sites for hydroxylation is 1. The Labute approximate surface area is 210 Å². The first-order chi connectivity index (χ1) is 17.4. The van der Waals surface area contributed by atoms with Crippen LogP contribution in [0.5, 0.6) is 17.2 Å². The van der Waals surface area contributed by atoms with Gasteiger partial charge in [0.25, 0.3) is 11.7 Å². The fourth-order valence-electron chi connectivity index (χ4n) is 4.38. The van der Waals surface area contributed by atoms with Gasteiger partial charge < -0.3 is 19.3 Å². The summed E-state index contributed by atoms with van der Waals surface area (Å²) < 4.78 is 16.5. The quantitative estimate of drug-likeness (QED) is 0.264. The highest BCUT2D eigenvalue weighted by Crippen LogP contribution is 2.44. The number of ketones is 1. The van der Waals surface area contributed by atoms with Crippen molar-refractivity contribution in [2.24, 2.45) is 0 Å². The molecular weight excluding hydrogens is 458 g/mol. The minimum Gasteiger partial charge on any atom is -0.507 e. The van der Waals surface area contributed by atoms with Crippen molar-refractivity contribution in [2.75, 3.05) is 25.7 Å². The third kappa shape index (κ3) is 4.52. The van der Waals surface area contributed by atoms with Crippen molar-refractivity contribution in [1.82, 2.24) is 0 Å². The molecule has 0 radical (unpaired) electrons. The number of methoxy groups -OCH3 is 2. The Balaban J connectivity index is 1.94. The third-order valence-electron chi connectivity index (χ3n) is 6.21. The summed E-state index contributed by atoms with van der Waals surface area (Å²) in [5, 5.41) is 11.3. The first kappa shape index (κ1) is 24.9. The normalized spacial score (nSPS) is 16.8. The first-order valence-electron chi connectivity index (χ1n) is 11.8. The minimum absolute atomic E-state index is 0.00159. The van der Waals surface area contributed by atoms with E-state index in [1.54, 1.807) is 54.6 Å². The standard InChI is InChI=1S/C29H29NO6/c1-5-18-10-12-19(13-11-18)27(31)25-26(20-14-15-23(34-3)24(16-20)35-4)30(29(33)28(25)32)21-8-7-9-22(17-21)36-6-2/h7-17,26,31H,5-6H2,1-4H3/b27-25-. The average Bonchev–Trinajstić information content (AvgIpc) is 3.18. The van der Waals surface area contributed by atoms with Crippen LogP contribution >= 0.6 is 0 Å². The third-order valence-corrected chi connectivity index (χ3v) is 6.21. The minimum atomic E-state index is -0.896. The molecule has 7 nitrogen and oxygen atoms in total. The van der Waals surface area contributed by atoms with Crippen molar-refractivity contribution in [2.45, 2.75) is 26.3 Å². The number of benzene rings is 3. The number of carbonyl (C=O) groups is 2. The Morgan fingerprint density at radius 1 is 0.917 bits per heavy atom. The van der Waals surface area contributed by atoms with Crippen LogP contribution in [0.1, 0.15) is 36.6 Å². The molecule has 1 fully saturated rings. The summed E-state index contributed by atoms with van der Waals surface area (Å²) in [6.07, 6.45) is 0.841. The van der Waals surface area contributed by atoms with E-state index < -0.39 is 17.7 Å². The Kier molecular flexibility index (Phi) is 7.29. The maximum atomic E-state index is 13.4. The maximum Gasteiger partial charge on any atom is 0.300 e. The van der Waals surface area contributed by atoms with Crippen LogP contribution in [0.4, 0.5) is 5.69 Å². The predicted molar refractivity (Wildman–Crippen MR) is 138 cm³/mol. The molecule has 1 saturated heterocycles. The van der Waals surface area contributed by atoms with E-state index in [-0.39, 0.29) is 11.3 Å². The molecular formula is C29H29NO6. The Morgan fingerprint density at radius 3 is 2.28 bits per heavy atom. The van der Waals surface area contributed by atoms with Crippen molar-refractivity contribution < 1.29 is 28.9 Å².